The zero-order valence-electron chi connectivity index (χ0n) is 12.8. The van der Waals surface area contributed by atoms with Gasteiger partial charge in [0.25, 0.3) is 0 Å². The Kier molecular flexibility index (Phi) is 7.76. The third-order valence-corrected chi connectivity index (χ3v) is 4.48. The van der Waals surface area contributed by atoms with Crippen molar-refractivity contribution in [2.24, 2.45) is 5.92 Å². The lowest BCUT2D eigenvalue weighted by atomic mass is 9.98. The van der Waals surface area contributed by atoms with E-state index < -0.39 is 19.4 Å². The summed E-state index contributed by atoms with van der Waals surface area (Å²) in [5, 5.41) is 9.55. The highest BCUT2D eigenvalue weighted by Gasteiger charge is 2.24. The molecule has 0 unspecified atom stereocenters. The van der Waals surface area contributed by atoms with E-state index in [1.165, 1.54) is 12.6 Å². The van der Waals surface area contributed by atoms with E-state index in [9.17, 15) is 9.36 Å². The fraction of sp³-hybridized carbons (Fsp3) is 0.533. The van der Waals surface area contributed by atoms with E-state index >= 15 is 0 Å². The third kappa shape index (κ3) is 8.29. The van der Waals surface area contributed by atoms with Gasteiger partial charge in [-0.25, -0.2) is 5.06 Å². The summed E-state index contributed by atoms with van der Waals surface area (Å²) in [6.45, 7) is 0. The van der Waals surface area contributed by atoms with Crippen LogP contribution >= 0.6 is 7.60 Å². The first-order valence-corrected chi connectivity index (χ1v) is 9.11. The second-order valence-electron chi connectivity index (χ2n) is 5.57. The smallest absolute Gasteiger partial charge is 0.324 e. The molecule has 0 radical (unpaired) electrons. The lowest BCUT2D eigenvalue weighted by molar-refractivity contribution is -0.160. The molecule has 0 heterocycles. The highest BCUT2D eigenvalue weighted by molar-refractivity contribution is 7.51. The first-order chi connectivity index (χ1) is 10.3. The molecule has 6 nitrogen and oxygen atoms in total. The normalized spacial score (nSPS) is 12.9. The Labute approximate surface area is 130 Å². The number of unbranched alkanes of at least 4 members (excludes halogenated alkanes) is 1. The summed E-state index contributed by atoms with van der Waals surface area (Å²) in [4.78, 5) is 29.7. The minimum atomic E-state index is -4.17. The van der Waals surface area contributed by atoms with E-state index in [0.717, 1.165) is 19.3 Å². The summed E-state index contributed by atoms with van der Waals surface area (Å²) >= 11 is 0. The molecule has 1 rings (SSSR count). The van der Waals surface area contributed by atoms with Crippen molar-refractivity contribution in [3.63, 3.8) is 0 Å². The number of hydroxylamine groups is 2. The van der Waals surface area contributed by atoms with Crippen LogP contribution in [0, 0.1) is 5.92 Å². The number of hydrogen-bond acceptors (Lipinski definition) is 3. The molecule has 0 saturated carbocycles. The number of benzene rings is 1. The fourth-order valence-electron chi connectivity index (χ4n) is 2.38. The zero-order chi connectivity index (χ0) is 16.6. The molecule has 1 aromatic rings. The number of aryl methyl sites for hydroxylation is 1. The monoisotopic (exact) mass is 329 g/mol. The molecule has 0 fully saturated rings. The van der Waals surface area contributed by atoms with E-state index in [1.54, 1.807) is 0 Å². The summed E-state index contributed by atoms with van der Waals surface area (Å²) in [7, 11) is -2.95. The van der Waals surface area contributed by atoms with Crippen LogP contribution in [0.1, 0.15) is 31.2 Å². The molecule has 7 heteroatoms. The van der Waals surface area contributed by atoms with Crippen LogP contribution in [0.5, 0.6) is 0 Å². The Hall–Kier alpha value is -1.20. The molecular weight excluding hydrogens is 305 g/mol. The molecule has 1 atom stereocenters. The van der Waals surface area contributed by atoms with Gasteiger partial charge in [0.2, 0.25) is 5.91 Å². The van der Waals surface area contributed by atoms with E-state index in [2.05, 4.69) is 0 Å². The Morgan fingerprint density at radius 1 is 1.23 bits per heavy atom. The molecule has 0 aliphatic rings. The van der Waals surface area contributed by atoms with Crippen molar-refractivity contribution in [1.82, 2.24) is 5.06 Å². The van der Waals surface area contributed by atoms with Crippen LogP contribution < -0.4 is 0 Å². The van der Waals surface area contributed by atoms with Gasteiger partial charge in [0.15, 0.2) is 0 Å². The Morgan fingerprint density at radius 3 is 2.41 bits per heavy atom. The van der Waals surface area contributed by atoms with Crippen LogP contribution in [0.15, 0.2) is 30.3 Å². The van der Waals surface area contributed by atoms with Crippen LogP contribution in [0.3, 0.4) is 0 Å². The summed E-state index contributed by atoms with van der Waals surface area (Å²) in [5.41, 5.74) is 1.22. The molecule has 0 aliphatic heterocycles. The van der Waals surface area contributed by atoms with Crippen molar-refractivity contribution in [3.8, 4) is 0 Å². The standard InChI is InChI=1S/C15H24NO5P/c1-16(18)15(17)11-14(12-22(19,20)21)10-6-5-9-13-7-3-2-4-8-13/h2-4,7-8,14,18H,5-6,9-12H2,1H3,(H2,19,20,21)/t14-/m1/s1. The quantitative estimate of drug-likeness (QED) is 0.280. The van der Waals surface area contributed by atoms with Crippen molar-refractivity contribution in [2.45, 2.75) is 32.1 Å². The van der Waals surface area contributed by atoms with Crippen molar-refractivity contribution in [1.29, 1.82) is 0 Å². The van der Waals surface area contributed by atoms with Gasteiger partial charge in [0.1, 0.15) is 0 Å². The zero-order valence-corrected chi connectivity index (χ0v) is 13.7. The first kappa shape index (κ1) is 18.8. The summed E-state index contributed by atoms with van der Waals surface area (Å²) in [6.07, 6.45) is 2.75. The number of hydrogen-bond donors (Lipinski definition) is 3. The van der Waals surface area contributed by atoms with Crippen molar-refractivity contribution >= 4 is 13.5 Å². The molecule has 124 valence electrons. The lowest BCUT2D eigenvalue weighted by Gasteiger charge is -2.18. The molecule has 0 aromatic heterocycles. The summed E-state index contributed by atoms with van der Waals surface area (Å²) in [5.74, 6) is -0.944. The number of carbonyl (C=O) groups excluding carboxylic acids is 1. The van der Waals surface area contributed by atoms with E-state index in [0.29, 0.717) is 11.5 Å². The third-order valence-electron chi connectivity index (χ3n) is 3.49. The van der Waals surface area contributed by atoms with Gasteiger partial charge in [0.05, 0.1) is 6.16 Å². The second kappa shape index (κ2) is 9.06. The molecule has 0 saturated heterocycles. The van der Waals surface area contributed by atoms with Crippen LogP contribution in [-0.2, 0) is 15.8 Å². The SMILES string of the molecule is CN(O)C(=O)C[C@@H](CCCCc1ccccc1)CP(=O)(O)O. The average molecular weight is 329 g/mol. The van der Waals surface area contributed by atoms with E-state index in [4.69, 9.17) is 15.0 Å². The Bertz CT molecular complexity index is 500. The maximum atomic E-state index is 11.5. The van der Waals surface area contributed by atoms with Gasteiger partial charge in [-0.3, -0.25) is 14.6 Å². The fourth-order valence-corrected chi connectivity index (χ4v) is 3.36. The maximum Gasteiger partial charge on any atom is 0.325 e. The summed E-state index contributed by atoms with van der Waals surface area (Å²) in [6, 6.07) is 9.98. The van der Waals surface area contributed by atoms with Gasteiger partial charge in [-0.1, -0.05) is 36.8 Å². The highest BCUT2D eigenvalue weighted by Crippen LogP contribution is 2.39. The van der Waals surface area contributed by atoms with Gasteiger partial charge in [-0.2, -0.15) is 0 Å². The second-order valence-corrected chi connectivity index (χ2v) is 7.26. The van der Waals surface area contributed by atoms with Gasteiger partial charge < -0.3 is 9.79 Å². The predicted octanol–water partition coefficient (Wildman–Crippen LogP) is 2.43. The number of amides is 1. The molecule has 0 spiro atoms. The van der Waals surface area contributed by atoms with Crippen molar-refractivity contribution in [3.05, 3.63) is 35.9 Å². The predicted molar refractivity (Wildman–Crippen MR) is 83.6 cm³/mol. The average Bonchev–Trinajstić information content (AvgIpc) is 2.42. The van der Waals surface area contributed by atoms with Crippen LogP contribution in [0.2, 0.25) is 0 Å². The topological polar surface area (TPSA) is 98.1 Å². The van der Waals surface area contributed by atoms with Crippen LogP contribution in [0.25, 0.3) is 0 Å². The summed E-state index contributed by atoms with van der Waals surface area (Å²) < 4.78 is 11.2. The maximum absolute atomic E-state index is 11.5. The van der Waals surface area contributed by atoms with Gasteiger partial charge in [-0.05, 0) is 30.7 Å². The number of carbonyl (C=O) groups is 1. The number of nitrogens with zero attached hydrogens (tertiary/aromatic N) is 1. The van der Waals surface area contributed by atoms with Gasteiger partial charge >= 0.3 is 7.60 Å². The van der Waals surface area contributed by atoms with Crippen molar-refractivity contribution in [2.75, 3.05) is 13.2 Å². The molecule has 0 aliphatic carbocycles. The van der Waals surface area contributed by atoms with Gasteiger partial charge in [0, 0.05) is 13.5 Å². The minimum Gasteiger partial charge on any atom is -0.324 e. The van der Waals surface area contributed by atoms with E-state index in [-0.39, 0.29) is 12.6 Å². The first-order valence-electron chi connectivity index (χ1n) is 7.32. The number of rotatable bonds is 9. The molecule has 1 aromatic carbocycles. The van der Waals surface area contributed by atoms with Crippen molar-refractivity contribution < 1.29 is 24.4 Å². The molecule has 1 amide bonds. The van der Waals surface area contributed by atoms with Gasteiger partial charge in [-0.15, -0.1) is 0 Å². The van der Waals surface area contributed by atoms with E-state index in [1.807, 2.05) is 30.3 Å². The molecule has 3 N–H and O–H groups in total. The lowest BCUT2D eigenvalue weighted by Crippen LogP contribution is -2.26. The van der Waals surface area contributed by atoms with Crippen LogP contribution in [-0.4, -0.2) is 39.2 Å². The molecule has 0 bridgehead atoms. The highest BCUT2D eigenvalue weighted by atomic mass is 31.2. The Balaban J connectivity index is 2.43. The molecule has 22 heavy (non-hydrogen) atoms. The molecular formula is C15H24NO5P. The largest absolute Gasteiger partial charge is 0.325 e. The minimum absolute atomic E-state index is 0.0521. The Morgan fingerprint density at radius 2 is 1.86 bits per heavy atom. The van der Waals surface area contributed by atoms with Crippen LogP contribution in [0.4, 0.5) is 0 Å².